The van der Waals surface area contributed by atoms with Crippen molar-refractivity contribution in [2.45, 2.75) is 19.3 Å². The molecule has 0 saturated carbocycles. The van der Waals surface area contributed by atoms with Gasteiger partial charge in [0.25, 0.3) is 0 Å². The van der Waals surface area contributed by atoms with E-state index >= 15 is 0 Å². The van der Waals surface area contributed by atoms with Gasteiger partial charge >= 0.3 is 0 Å². The summed E-state index contributed by atoms with van der Waals surface area (Å²) in [5.41, 5.74) is 1.42. The molecule has 0 amide bonds. The Morgan fingerprint density at radius 3 is 2.29 bits per heavy atom. The third-order valence-electron chi connectivity index (χ3n) is 3.88. The van der Waals surface area contributed by atoms with Gasteiger partial charge in [0.05, 0.1) is 26.2 Å². The molecule has 3 heteroatoms. The van der Waals surface area contributed by atoms with Gasteiger partial charge in [0.15, 0.2) is 0 Å². The highest BCUT2D eigenvalue weighted by Crippen LogP contribution is 2.20. The lowest BCUT2D eigenvalue weighted by molar-refractivity contribution is -0.916. The van der Waals surface area contributed by atoms with E-state index in [1.54, 1.807) is 0 Å². The molecule has 1 aliphatic rings. The number of aliphatic hydroxyl groups is 1. The van der Waals surface area contributed by atoms with E-state index in [-0.39, 0.29) is 0 Å². The predicted octanol–water partition coefficient (Wildman–Crippen LogP) is 2.44. The van der Waals surface area contributed by atoms with Crippen LogP contribution in [0.3, 0.4) is 0 Å². The maximum Gasteiger partial charge on any atom is 0.102 e. The Kier molecular flexibility index (Phi) is 4.82. The number of likely N-dealkylation sites (tertiary alicyclic amines) is 1. The Morgan fingerprint density at radius 1 is 1.06 bits per heavy atom. The lowest BCUT2D eigenvalue weighted by atomic mass is 10.1. The van der Waals surface area contributed by atoms with Crippen LogP contribution in [0, 0.1) is 3.57 Å². The molecule has 1 saturated heterocycles. The summed E-state index contributed by atoms with van der Waals surface area (Å²) in [6.07, 6.45) is 3.79. The predicted molar refractivity (Wildman–Crippen MR) is 78.9 cm³/mol. The maximum absolute atomic E-state index is 9.21. The van der Waals surface area contributed by atoms with Gasteiger partial charge in [0.1, 0.15) is 6.54 Å². The molecule has 0 aromatic heterocycles. The maximum atomic E-state index is 9.21. The third kappa shape index (κ3) is 3.66. The molecular weight excluding hydrogens is 325 g/mol. The minimum Gasteiger partial charge on any atom is -0.391 e. The van der Waals surface area contributed by atoms with E-state index in [1.807, 2.05) is 0 Å². The summed E-state index contributed by atoms with van der Waals surface area (Å²) in [6.45, 7) is 4.95. The summed E-state index contributed by atoms with van der Waals surface area (Å²) < 4.78 is 2.43. The van der Waals surface area contributed by atoms with Gasteiger partial charge in [0, 0.05) is 22.8 Å². The third-order valence-corrected chi connectivity index (χ3v) is 4.60. The zero-order chi connectivity index (χ0) is 12.1. The van der Waals surface area contributed by atoms with Crippen molar-refractivity contribution in [2.75, 3.05) is 32.8 Å². The number of quaternary nitrogens is 1. The molecule has 1 aromatic rings. The number of rotatable bonds is 5. The van der Waals surface area contributed by atoms with Gasteiger partial charge in [-0.3, -0.25) is 0 Å². The molecular formula is C14H21INO+. The van der Waals surface area contributed by atoms with Crippen LogP contribution >= 0.6 is 22.6 Å². The number of benzene rings is 1. The van der Waals surface area contributed by atoms with E-state index in [0.717, 1.165) is 17.4 Å². The second kappa shape index (κ2) is 6.16. The summed E-state index contributed by atoms with van der Waals surface area (Å²) in [4.78, 5) is 0. The van der Waals surface area contributed by atoms with Crippen LogP contribution in [0.1, 0.15) is 18.4 Å². The standard InChI is InChI=1S/C14H21INO/c15-14-5-3-13(4-6-14)7-10-16(11-12-17)8-1-2-9-16/h3-6,17H,1-2,7-12H2/q+1. The molecule has 1 heterocycles. The second-order valence-electron chi connectivity index (χ2n) is 5.04. The van der Waals surface area contributed by atoms with E-state index in [4.69, 9.17) is 0 Å². The minimum atomic E-state index is 0.326. The number of hydrogen-bond donors (Lipinski definition) is 1. The van der Waals surface area contributed by atoms with Crippen molar-refractivity contribution in [1.29, 1.82) is 0 Å². The molecule has 1 aliphatic heterocycles. The zero-order valence-electron chi connectivity index (χ0n) is 10.2. The van der Waals surface area contributed by atoms with Crippen LogP contribution in [0.4, 0.5) is 0 Å². The van der Waals surface area contributed by atoms with Gasteiger partial charge in [-0.2, -0.15) is 0 Å². The summed E-state index contributed by atoms with van der Waals surface area (Å²) in [6, 6.07) is 8.81. The SMILES string of the molecule is OCC[N+]1(CCc2ccc(I)cc2)CCCC1. The van der Waals surface area contributed by atoms with E-state index in [1.165, 1.54) is 41.6 Å². The average molecular weight is 346 g/mol. The summed E-state index contributed by atoms with van der Waals surface area (Å²) >= 11 is 2.34. The van der Waals surface area contributed by atoms with Crippen LogP contribution in [-0.2, 0) is 6.42 Å². The van der Waals surface area contributed by atoms with Crippen molar-refractivity contribution < 1.29 is 9.59 Å². The van der Waals surface area contributed by atoms with Crippen LogP contribution in [-0.4, -0.2) is 42.4 Å². The number of nitrogens with zero attached hydrogens (tertiary/aromatic N) is 1. The van der Waals surface area contributed by atoms with Gasteiger partial charge in [-0.25, -0.2) is 0 Å². The highest BCUT2D eigenvalue weighted by atomic mass is 127. The Labute approximate surface area is 117 Å². The minimum absolute atomic E-state index is 0.326. The van der Waals surface area contributed by atoms with Crippen molar-refractivity contribution in [3.8, 4) is 0 Å². The van der Waals surface area contributed by atoms with Crippen LogP contribution in [0.2, 0.25) is 0 Å². The van der Waals surface area contributed by atoms with Crippen molar-refractivity contribution in [1.82, 2.24) is 0 Å². The Balaban J connectivity index is 1.93. The van der Waals surface area contributed by atoms with Crippen molar-refractivity contribution in [2.24, 2.45) is 0 Å². The first kappa shape index (κ1) is 13.3. The summed E-state index contributed by atoms with van der Waals surface area (Å²) in [5, 5.41) is 9.21. The van der Waals surface area contributed by atoms with E-state index in [2.05, 4.69) is 46.9 Å². The molecule has 17 heavy (non-hydrogen) atoms. The normalized spacial score (nSPS) is 18.5. The van der Waals surface area contributed by atoms with Gasteiger partial charge in [-0.05, 0) is 40.3 Å². The number of hydrogen-bond acceptors (Lipinski definition) is 1. The van der Waals surface area contributed by atoms with Crippen LogP contribution in [0.5, 0.6) is 0 Å². The largest absolute Gasteiger partial charge is 0.391 e. The molecule has 2 nitrogen and oxygen atoms in total. The molecule has 0 bridgehead atoms. The Hall–Kier alpha value is -0.130. The molecule has 94 valence electrons. The summed E-state index contributed by atoms with van der Waals surface area (Å²) in [5.74, 6) is 0. The molecule has 2 rings (SSSR count). The van der Waals surface area contributed by atoms with Gasteiger partial charge in [-0.1, -0.05) is 12.1 Å². The lowest BCUT2D eigenvalue weighted by Crippen LogP contribution is -2.48. The van der Waals surface area contributed by atoms with Crippen LogP contribution < -0.4 is 0 Å². The molecule has 1 fully saturated rings. The van der Waals surface area contributed by atoms with Crippen LogP contribution in [0.15, 0.2) is 24.3 Å². The van der Waals surface area contributed by atoms with E-state index < -0.39 is 0 Å². The number of halogens is 1. The monoisotopic (exact) mass is 346 g/mol. The van der Waals surface area contributed by atoms with Crippen molar-refractivity contribution in [3.63, 3.8) is 0 Å². The molecule has 0 radical (unpaired) electrons. The molecule has 0 spiro atoms. The van der Waals surface area contributed by atoms with Crippen molar-refractivity contribution >= 4 is 22.6 Å². The fourth-order valence-electron chi connectivity index (χ4n) is 2.79. The topological polar surface area (TPSA) is 20.2 Å². The Morgan fingerprint density at radius 2 is 1.71 bits per heavy atom. The first-order chi connectivity index (χ1) is 8.24. The van der Waals surface area contributed by atoms with E-state index in [0.29, 0.717) is 6.61 Å². The van der Waals surface area contributed by atoms with Gasteiger partial charge in [0.2, 0.25) is 0 Å². The molecule has 0 atom stereocenters. The average Bonchev–Trinajstić information content (AvgIpc) is 2.78. The summed E-state index contributed by atoms with van der Waals surface area (Å²) in [7, 11) is 0. The quantitative estimate of drug-likeness (QED) is 0.641. The van der Waals surface area contributed by atoms with Gasteiger partial charge in [-0.15, -0.1) is 0 Å². The van der Waals surface area contributed by atoms with Crippen molar-refractivity contribution in [3.05, 3.63) is 33.4 Å². The second-order valence-corrected chi connectivity index (χ2v) is 6.29. The smallest absolute Gasteiger partial charge is 0.102 e. The van der Waals surface area contributed by atoms with Crippen LogP contribution in [0.25, 0.3) is 0 Å². The molecule has 1 aromatic carbocycles. The molecule has 0 aliphatic carbocycles. The highest BCUT2D eigenvalue weighted by Gasteiger charge is 2.30. The van der Waals surface area contributed by atoms with E-state index in [9.17, 15) is 5.11 Å². The number of aliphatic hydroxyl groups excluding tert-OH is 1. The lowest BCUT2D eigenvalue weighted by Gasteiger charge is -2.33. The fraction of sp³-hybridized carbons (Fsp3) is 0.571. The highest BCUT2D eigenvalue weighted by molar-refractivity contribution is 14.1. The Bertz CT molecular complexity index is 344. The van der Waals surface area contributed by atoms with Gasteiger partial charge < -0.3 is 9.59 Å². The fourth-order valence-corrected chi connectivity index (χ4v) is 3.15. The molecule has 1 N–H and O–H groups in total. The first-order valence-electron chi connectivity index (χ1n) is 6.45. The molecule has 0 unspecified atom stereocenters. The zero-order valence-corrected chi connectivity index (χ0v) is 12.4. The first-order valence-corrected chi connectivity index (χ1v) is 7.52.